The third-order valence-corrected chi connectivity index (χ3v) is 3.52. The lowest BCUT2D eigenvalue weighted by atomic mass is 10.1. The van der Waals surface area contributed by atoms with Crippen LogP contribution in [0.25, 0.3) is 0 Å². The van der Waals surface area contributed by atoms with Crippen LogP contribution in [-0.2, 0) is 11.3 Å². The lowest BCUT2D eigenvalue weighted by Gasteiger charge is -2.23. The topological polar surface area (TPSA) is 24.5 Å². The zero-order chi connectivity index (χ0) is 13.7. The molecule has 4 heteroatoms. The van der Waals surface area contributed by atoms with E-state index in [9.17, 15) is 4.39 Å². The zero-order valence-corrected chi connectivity index (χ0v) is 11.8. The fraction of sp³-hybridized carbons (Fsp3) is 0.600. The van der Waals surface area contributed by atoms with Gasteiger partial charge in [-0.15, -0.1) is 0 Å². The van der Waals surface area contributed by atoms with Crippen LogP contribution in [0.4, 0.5) is 10.1 Å². The Morgan fingerprint density at radius 3 is 2.89 bits per heavy atom. The lowest BCUT2D eigenvalue weighted by Crippen LogP contribution is -2.25. The monoisotopic (exact) mass is 266 g/mol. The van der Waals surface area contributed by atoms with Gasteiger partial charge in [-0.3, -0.25) is 0 Å². The zero-order valence-electron chi connectivity index (χ0n) is 11.8. The van der Waals surface area contributed by atoms with Gasteiger partial charge in [-0.1, -0.05) is 6.07 Å². The van der Waals surface area contributed by atoms with Crippen molar-refractivity contribution in [1.29, 1.82) is 0 Å². The minimum atomic E-state index is -0.134. The molecular weight excluding hydrogens is 243 g/mol. The molecule has 0 atom stereocenters. The average Bonchev–Trinajstić information content (AvgIpc) is 3.20. The van der Waals surface area contributed by atoms with E-state index in [1.165, 1.54) is 18.9 Å². The first-order chi connectivity index (χ1) is 9.22. The van der Waals surface area contributed by atoms with Crippen LogP contribution in [0.2, 0.25) is 0 Å². The predicted octanol–water partition coefficient (Wildman–Crippen LogP) is 2.41. The smallest absolute Gasteiger partial charge is 0.129 e. The predicted molar refractivity (Wildman–Crippen MR) is 76.0 cm³/mol. The van der Waals surface area contributed by atoms with Gasteiger partial charge in [-0.05, 0) is 30.9 Å². The molecule has 1 aliphatic rings. The standard InChI is InChI=1S/C15H23FN2O/c1-18(11-12-6-7-12)15-5-3-4-14(16)13(15)10-17-8-9-19-2/h3-5,12,17H,6-11H2,1-2H3. The molecule has 0 bridgehead atoms. The molecule has 1 saturated carbocycles. The molecule has 1 aliphatic carbocycles. The Kier molecular flexibility index (Phi) is 5.16. The van der Waals surface area contributed by atoms with Crippen molar-refractivity contribution in [2.75, 3.05) is 38.8 Å². The summed E-state index contributed by atoms with van der Waals surface area (Å²) in [5.41, 5.74) is 1.75. The van der Waals surface area contributed by atoms with Gasteiger partial charge >= 0.3 is 0 Å². The first kappa shape index (κ1) is 14.3. The molecule has 1 N–H and O–H groups in total. The van der Waals surface area contributed by atoms with Gasteiger partial charge in [0, 0.05) is 45.0 Å². The van der Waals surface area contributed by atoms with Crippen LogP contribution in [0.1, 0.15) is 18.4 Å². The Morgan fingerprint density at radius 1 is 1.42 bits per heavy atom. The molecule has 1 aromatic rings. The van der Waals surface area contributed by atoms with Crippen LogP contribution < -0.4 is 10.2 Å². The molecule has 0 saturated heterocycles. The van der Waals surface area contributed by atoms with Crippen molar-refractivity contribution in [2.45, 2.75) is 19.4 Å². The fourth-order valence-corrected chi connectivity index (χ4v) is 2.25. The summed E-state index contributed by atoms with van der Waals surface area (Å²) in [6.07, 6.45) is 2.61. The molecule has 0 spiro atoms. The lowest BCUT2D eigenvalue weighted by molar-refractivity contribution is 0.199. The number of hydrogen-bond donors (Lipinski definition) is 1. The summed E-state index contributed by atoms with van der Waals surface area (Å²) < 4.78 is 19.0. The molecule has 1 aromatic carbocycles. The Balaban J connectivity index is 2.01. The Morgan fingerprint density at radius 2 is 2.21 bits per heavy atom. The third kappa shape index (κ3) is 4.18. The number of methoxy groups -OCH3 is 1. The number of rotatable bonds is 8. The van der Waals surface area contributed by atoms with Crippen molar-refractivity contribution < 1.29 is 9.13 Å². The Labute approximate surface area is 114 Å². The van der Waals surface area contributed by atoms with Crippen LogP contribution in [0.15, 0.2) is 18.2 Å². The second-order valence-electron chi connectivity index (χ2n) is 5.23. The quantitative estimate of drug-likeness (QED) is 0.731. The first-order valence-corrected chi connectivity index (χ1v) is 6.90. The van der Waals surface area contributed by atoms with E-state index in [0.717, 1.165) is 30.3 Å². The van der Waals surface area contributed by atoms with Crippen molar-refractivity contribution in [1.82, 2.24) is 5.32 Å². The van der Waals surface area contributed by atoms with Crippen LogP contribution >= 0.6 is 0 Å². The van der Waals surface area contributed by atoms with E-state index in [-0.39, 0.29) is 5.82 Å². The molecule has 19 heavy (non-hydrogen) atoms. The number of benzene rings is 1. The molecule has 0 amide bonds. The molecule has 0 aromatic heterocycles. The number of nitrogens with zero attached hydrogens (tertiary/aromatic N) is 1. The van der Waals surface area contributed by atoms with E-state index in [0.29, 0.717) is 13.2 Å². The molecule has 3 nitrogen and oxygen atoms in total. The van der Waals surface area contributed by atoms with E-state index in [4.69, 9.17) is 4.74 Å². The van der Waals surface area contributed by atoms with Gasteiger partial charge in [0.1, 0.15) is 5.82 Å². The summed E-state index contributed by atoms with van der Waals surface area (Å²) in [6.45, 7) is 2.94. The summed E-state index contributed by atoms with van der Waals surface area (Å²) in [6, 6.07) is 5.31. The van der Waals surface area contributed by atoms with Gasteiger partial charge < -0.3 is 15.0 Å². The van der Waals surface area contributed by atoms with Gasteiger partial charge in [0.2, 0.25) is 0 Å². The number of anilines is 1. The van der Waals surface area contributed by atoms with Crippen LogP contribution in [0.3, 0.4) is 0 Å². The average molecular weight is 266 g/mol. The number of ether oxygens (including phenoxy) is 1. The summed E-state index contributed by atoms with van der Waals surface area (Å²) >= 11 is 0. The second-order valence-corrected chi connectivity index (χ2v) is 5.23. The van der Waals surface area contributed by atoms with Crippen molar-refractivity contribution in [3.63, 3.8) is 0 Å². The van der Waals surface area contributed by atoms with Gasteiger partial charge in [-0.2, -0.15) is 0 Å². The van der Waals surface area contributed by atoms with Gasteiger partial charge in [0.05, 0.1) is 6.61 Å². The molecular formula is C15H23FN2O. The Bertz CT molecular complexity index is 407. The summed E-state index contributed by atoms with van der Waals surface area (Å²) in [4.78, 5) is 2.17. The maximum absolute atomic E-state index is 14.0. The van der Waals surface area contributed by atoms with Gasteiger partial charge in [0.25, 0.3) is 0 Å². The number of nitrogens with one attached hydrogen (secondary N) is 1. The fourth-order valence-electron chi connectivity index (χ4n) is 2.25. The highest BCUT2D eigenvalue weighted by atomic mass is 19.1. The highest BCUT2D eigenvalue weighted by Crippen LogP contribution is 2.32. The maximum Gasteiger partial charge on any atom is 0.129 e. The second kappa shape index (κ2) is 6.87. The number of halogens is 1. The third-order valence-electron chi connectivity index (χ3n) is 3.52. The molecule has 2 rings (SSSR count). The molecule has 0 heterocycles. The SMILES string of the molecule is COCCNCc1c(F)cccc1N(C)CC1CC1. The first-order valence-electron chi connectivity index (χ1n) is 6.90. The normalized spacial score (nSPS) is 14.7. The molecule has 0 radical (unpaired) electrons. The highest BCUT2D eigenvalue weighted by molar-refractivity contribution is 5.53. The Hall–Kier alpha value is -1.13. The number of hydrogen-bond acceptors (Lipinski definition) is 3. The molecule has 0 unspecified atom stereocenters. The van der Waals surface area contributed by atoms with Crippen LogP contribution in [0.5, 0.6) is 0 Å². The largest absolute Gasteiger partial charge is 0.383 e. The van der Waals surface area contributed by atoms with E-state index < -0.39 is 0 Å². The van der Waals surface area contributed by atoms with E-state index in [1.807, 2.05) is 13.1 Å². The van der Waals surface area contributed by atoms with E-state index >= 15 is 0 Å². The van der Waals surface area contributed by atoms with Crippen molar-refractivity contribution >= 4 is 5.69 Å². The summed E-state index contributed by atoms with van der Waals surface area (Å²) in [7, 11) is 3.71. The summed E-state index contributed by atoms with van der Waals surface area (Å²) in [5, 5.41) is 3.22. The van der Waals surface area contributed by atoms with Gasteiger partial charge in [-0.25, -0.2) is 4.39 Å². The molecule has 106 valence electrons. The van der Waals surface area contributed by atoms with Crippen molar-refractivity contribution in [3.8, 4) is 0 Å². The van der Waals surface area contributed by atoms with Crippen LogP contribution in [0, 0.1) is 11.7 Å². The molecule has 0 aliphatic heterocycles. The highest BCUT2D eigenvalue weighted by Gasteiger charge is 2.24. The maximum atomic E-state index is 14.0. The van der Waals surface area contributed by atoms with Crippen molar-refractivity contribution in [3.05, 3.63) is 29.6 Å². The summed E-state index contributed by atoms with van der Waals surface area (Å²) in [5.74, 6) is 0.660. The minimum absolute atomic E-state index is 0.134. The van der Waals surface area contributed by atoms with E-state index in [1.54, 1.807) is 13.2 Å². The van der Waals surface area contributed by atoms with Crippen LogP contribution in [-0.4, -0.2) is 33.9 Å². The van der Waals surface area contributed by atoms with Gasteiger partial charge in [0.15, 0.2) is 0 Å². The molecule has 1 fully saturated rings. The van der Waals surface area contributed by atoms with E-state index in [2.05, 4.69) is 10.2 Å². The minimum Gasteiger partial charge on any atom is -0.383 e. The van der Waals surface area contributed by atoms with Crippen molar-refractivity contribution in [2.24, 2.45) is 5.92 Å².